The molecule has 124 valence electrons. The van der Waals surface area contributed by atoms with Crippen LogP contribution < -0.4 is 5.32 Å². The molecular formula is C14H12Cl2F3N3O. The summed E-state index contributed by atoms with van der Waals surface area (Å²) >= 11 is 11.8. The molecule has 2 aromatic rings. The number of hydrogen-bond acceptors (Lipinski definition) is 2. The zero-order chi connectivity index (χ0) is 17.4. The molecular weight excluding hydrogens is 354 g/mol. The molecule has 0 atom stereocenters. The number of benzene rings is 1. The highest BCUT2D eigenvalue weighted by Crippen LogP contribution is 2.26. The lowest BCUT2D eigenvalue weighted by Gasteiger charge is -2.09. The smallest absolute Gasteiger partial charge is 0.315 e. The van der Waals surface area contributed by atoms with E-state index in [-0.39, 0.29) is 12.2 Å². The molecule has 1 N–H and O–H groups in total. The van der Waals surface area contributed by atoms with Crippen LogP contribution in [0.15, 0.2) is 18.2 Å². The summed E-state index contributed by atoms with van der Waals surface area (Å²) in [6, 6.07) is 5.00. The molecule has 0 aliphatic heterocycles. The molecule has 9 heteroatoms. The first-order valence-corrected chi connectivity index (χ1v) is 7.21. The van der Waals surface area contributed by atoms with Crippen molar-refractivity contribution in [3.8, 4) is 0 Å². The lowest BCUT2D eigenvalue weighted by molar-refractivity contribution is -0.167. The van der Waals surface area contributed by atoms with Crippen molar-refractivity contribution in [2.45, 2.75) is 26.6 Å². The predicted molar refractivity (Wildman–Crippen MR) is 81.9 cm³/mol. The van der Waals surface area contributed by atoms with Crippen LogP contribution in [0.4, 0.5) is 18.9 Å². The number of nitrogens with zero attached hydrogens (tertiary/aromatic N) is 2. The van der Waals surface area contributed by atoms with Gasteiger partial charge in [0.2, 0.25) is 0 Å². The van der Waals surface area contributed by atoms with Gasteiger partial charge in [0, 0.05) is 0 Å². The number of carbonyl (C=O) groups is 1. The van der Waals surface area contributed by atoms with Crippen LogP contribution in [0, 0.1) is 13.8 Å². The first-order valence-electron chi connectivity index (χ1n) is 6.45. The number of nitrogens with one attached hydrogen (secondary N) is 1. The Morgan fingerprint density at radius 1 is 1.26 bits per heavy atom. The van der Waals surface area contributed by atoms with Gasteiger partial charge >= 0.3 is 12.1 Å². The van der Waals surface area contributed by atoms with Crippen molar-refractivity contribution in [2.75, 3.05) is 5.32 Å². The van der Waals surface area contributed by atoms with Gasteiger partial charge in [-0.05, 0) is 31.5 Å². The zero-order valence-corrected chi connectivity index (χ0v) is 13.6. The summed E-state index contributed by atoms with van der Waals surface area (Å²) in [7, 11) is 0. The number of aromatic nitrogens is 2. The van der Waals surface area contributed by atoms with Gasteiger partial charge in [-0.2, -0.15) is 18.3 Å². The van der Waals surface area contributed by atoms with Crippen LogP contribution in [0.1, 0.15) is 17.0 Å². The minimum Gasteiger partial charge on any atom is -0.315 e. The fourth-order valence-corrected chi connectivity index (χ4v) is 2.35. The summed E-state index contributed by atoms with van der Waals surface area (Å²) in [5, 5.41) is 6.78. The molecule has 1 aromatic carbocycles. The molecule has 0 saturated heterocycles. The second kappa shape index (κ2) is 6.41. The van der Waals surface area contributed by atoms with Gasteiger partial charge in [0.1, 0.15) is 0 Å². The third kappa shape index (κ3) is 3.97. The van der Waals surface area contributed by atoms with E-state index >= 15 is 0 Å². The highest BCUT2D eigenvalue weighted by atomic mass is 35.5. The summed E-state index contributed by atoms with van der Waals surface area (Å²) in [5.41, 5.74) is 1.53. The molecule has 23 heavy (non-hydrogen) atoms. The minimum atomic E-state index is -4.95. The predicted octanol–water partition coefficient (Wildman–Crippen LogP) is 4.36. The Labute approximate surface area is 140 Å². The van der Waals surface area contributed by atoms with E-state index in [1.54, 1.807) is 25.1 Å². The second-order valence-electron chi connectivity index (χ2n) is 4.90. The van der Waals surface area contributed by atoms with Crippen molar-refractivity contribution in [3.05, 3.63) is 45.2 Å². The Hall–Kier alpha value is -1.73. The van der Waals surface area contributed by atoms with Crippen LogP contribution in [0.5, 0.6) is 0 Å². The van der Waals surface area contributed by atoms with Crippen molar-refractivity contribution in [1.29, 1.82) is 0 Å². The van der Waals surface area contributed by atoms with Crippen LogP contribution in [-0.4, -0.2) is 21.9 Å². The van der Waals surface area contributed by atoms with E-state index in [9.17, 15) is 18.0 Å². The molecule has 0 saturated carbocycles. The van der Waals surface area contributed by atoms with E-state index in [1.165, 1.54) is 11.6 Å². The topological polar surface area (TPSA) is 46.9 Å². The Morgan fingerprint density at radius 3 is 2.48 bits per heavy atom. The van der Waals surface area contributed by atoms with Crippen molar-refractivity contribution in [3.63, 3.8) is 0 Å². The van der Waals surface area contributed by atoms with Crippen LogP contribution in [0.2, 0.25) is 10.0 Å². The van der Waals surface area contributed by atoms with Crippen LogP contribution in [-0.2, 0) is 11.3 Å². The lowest BCUT2D eigenvalue weighted by atomic mass is 10.2. The number of anilines is 1. The largest absolute Gasteiger partial charge is 0.471 e. The van der Waals surface area contributed by atoms with E-state index in [0.29, 0.717) is 21.4 Å². The average molecular weight is 366 g/mol. The van der Waals surface area contributed by atoms with Gasteiger partial charge in [-0.3, -0.25) is 9.48 Å². The molecule has 0 fully saturated rings. The second-order valence-corrected chi connectivity index (χ2v) is 5.72. The van der Waals surface area contributed by atoms with Crippen molar-refractivity contribution < 1.29 is 18.0 Å². The Kier molecular flexibility index (Phi) is 4.91. The molecule has 1 aromatic heterocycles. The van der Waals surface area contributed by atoms with Gasteiger partial charge in [0.05, 0.1) is 33.7 Å². The van der Waals surface area contributed by atoms with E-state index in [0.717, 1.165) is 5.56 Å². The Balaban J connectivity index is 2.26. The highest BCUT2D eigenvalue weighted by molar-refractivity contribution is 6.42. The highest BCUT2D eigenvalue weighted by Gasteiger charge is 2.39. The lowest BCUT2D eigenvalue weighted by Crippen LogP contribution is -2.30. The number of halogens is 5. The number of amides is 1. The normalized spacial score (nSPS) is 11.6. The van der Waals surface area contributed by atoms with Crippen LogP contribution >= 0.6 is 23.2 Å². The van der Waals surface area contributed by atoms with Gasteiger partial charge in [-0.1, -0.05) is 29.3 Å². The van der Waals surface area contributed by atoms with Crippen molar-refractivity contribution >= 4 is 34.8 Å². The fraction of sp³-hybridized carbons (Fsp3) is 0.286. The summed E-state index contributed by atoms with van der Waals surface area (Å²) in [6.45, 7) is 3.37. The van der Waals surface area contributed by atoms with E-state index in [2.05, 4.69) is 5.10 Å². The van der Waals surface area contributed by atoms with E-state index in [1.807, 2.05) is 5.32 Å². The van der Waals surface area contributed by atoms with Gasteiger partial charge in [0.15, 0.2) is 0 Å². The van der Waals surface area contributed by atoms with Gasteiger partial charge in [-0.25, -0.2) is 0 Å². The maximum absolute atomic E-state index is 12.4. The molecule has 0 bridgehead atoms. The first-order chi connectivity index (χ1) is 10.6. The molecule has 4 nitrogen and oxygen atoms in total. The van der Waals surface area contributed by atoms with E-state index < -0.39 is 12.1 Å². The SMILES string of the molecule is Cc1nn(Cc2ccc(Cl)c(Cl)c2)c(C)c1NC(=O)C(F)(F)F. The molecule has 0 aliphatic carbocycles. The first kappa shape index (κ1) is 17.6. The number of carbonyl (C=O) groups excluding carboxylic acids is 1. The summed E-state index contributed by atoms with van der Waals surface area (Å²) in [5.74, 6) is -2.03. The summed E-state index contributed by atoms with van der Waals surface area (Å²) in [6.07, 6.45) is -4.95. The molecule has 0 unspecified atom stereocenters. The monoisotopic (exact) mass is 365 g/mol. The molecule has 0 radical (unpaired) electrons. The number of aryl methyl sites for hydroxylation is 1. The van der Waals surface area contributed by atoms with Crippen LogP contribution in [0.3, 0.4) is 0 Å². The van der Waals surface area contributed by atoms with Crippen molar-refractivity contribution in [1.82, 2.24) is 9.78 Å². The van der Waals surface area contributed by atoms with Crippen LogP contribution in [0.25, 0.3) is 0 Å². The standard InChI is InChI=1S/C14H12Cl2F3N3O/c1-7-12(20-13(23)14(17,18)19)8(2)22(21-7)6-9-3-4-10(15)11(16)5-9/h3-5H,6H2,1-2H3,(H,20,23). The van der Waals surface area contributed by atoms with E-state index in [4.69, 9.17) is 23.2 Å². The molecule has 2 rings (SSSR count). The molecule has 1 heterocycles. The maximum atomic E-state index is 12.4. The van der Waals surface area contributed by atoms with Gasteiger partial charge in [-0.15, -0.1) is 0 Å². The zero-order valence-electron chi connectivity index (χ0n) is 12.1. The summed E-state index contributed by atoms with van der Waals surface area (Å²) < 4.78 is 38.6. The molecule has 1 amide bonds. The third-order valence-corrected chi connectivity index (χ3v) is 3.93. The quantitative estimate of drug-likeness (QED) is 0.878. The Morgan fingerprint density at radius 2 is 1.91 bits per heavy atom. The maximum Gasteiger partial charge on any atom is 0.471 e. The number of hydrogen-bond donors (Lipinski definition) is 1. The fourth-order valence-electron chi connectivity index (χ4n) is 2.03. The summed E-state index contributed by atoms with van der Waals surface area (Å²) in [4.78, 5) is 11.1. The Bertz CT molecular complexity index is 756. The number of alkyl halides is 3. The number of rotatable bonds is 3. The minimum absolute atomic E-state index is 0.0485. The molecule has 0 aliphatic rings. The van der Waals surface area contributed by atoms with Gasteiger partial charge in [0.25, 0.3) is 0 Å². The van der Waals surface area contributed by atoms with Gasteiger partial charge < -0.3 is 5.32 Å². The van der Waals surface area contributed by atoms with Crippen molar-refractivity contribution in [2.24, 2.45) is 0 Å². The molecule has 0 spiro atoms. The average Bonchev–Trinajstić information content (AvgIpc) is 2.69. The third-order valence-electron chi connectivity index (χ3n) is 3.19.